The molecule has 216 valence electrons. The number of halogens is 1. The number of hydrogen-bond acceptors (Lipinski definition) is 5. The zero-order chi connectivity index (χ0) is 29.8. The molecule has 8 nitrogen and oxygen atoms in total. The first-order valence-electron chi connectivity index (χ1n) is 13.4. The molecule has 4 rings (SSSR count). The maximum atomic E-state index is 13.9. The van der Waals surface area contributed by atoms with E-state index in [-0.39, 0.29) is 48.2 Å². The summed E-state index contributed by atoms with van der Waals surface area (Å²) >= 11 is 3.48. The Kier molecular flexibility index (Phi) is 9.34. The van der Waals surface area contributed by atoms with Crippen LogP contribution in [0.5, 0.6) is 0 Å². The monoisotopic (exact) mass is 639 g/mol. The molecule has 1 aliphatic heterocycles. The second-order valence-corrected chi connectivity index (χ2v) is 13.8. The molecule has 0 saturated heterocycles. The summed E-state index contributed by atoms with van der Waals surface area (Å²) < 4.78 is 27.6. The van der Waals surface area contributed by atoms with Crippen LogP contribution in [-0.2, 0) is 32.6 Å². The Morgan fingerprint density at radius 3 is 2.27 bits per heavy atom. The molecule has 0 radical (unpaired) electrons. The predicted octanol–water partition coefficient (Wildman–Crippen LogP) is 4.93. The van der Waals surface area contributed by atoms with E-state index in [0.717, 1.165) is 19.9 Å². The summed E-state index contributed by atoms with van der Waals surface area (Å²) in [6.45, 7) is 5.70. The van der Waals surface area contributed by atoms with E-state index in [0.29, 0.717) is 6.42 Å². The third-order valence-corrected chi connectivity index (χ3v) is 9.01. The molecule has 1 atom stereocenters. The first kappa shape index (κ1) is 30.5. The van der Waals surface area contributed by atoms with Crippen LogP contribution in [0, 0.1) is 0 Å². The zero-order valence-corrected chi connectivity index (χ0v) is 25.7. The van der Waals surface area contributed by atoms with Gasteiger partial charge in [-0.25, -0.2) is 12.7 Å². The Labute approximate surface area is 249 Å². The highest BCUT2D eigenvalue weighted by Crippen LogP contribution is 2.30. The van der Waals surface area contributed by atoms with E-state index < -0.39 is 27.5 Å². The lowest BCUT2D eigenvalue weighted by atomic mass is 10.00. The largest absolute Gasteiger partial charge is 0.350 e. The minimum absolute atomic E-state index is 0.0191. The highest BCUT2D eigenvalue weighted by Gasteiger charge is 2.40. The second-order valence-electron chi connectivity index (χ2n) is 11.1. The van der Waals surface area contributed by atoms with Crippen LogP contribution in [0.25, 0.3) is 0 Å². The summed E-state index contributed by atoms with van der Waals surface area (Å²) in [5.74, 6) is -1.18. The van der Waals surface area contributed by atoms with E-state index in [9.17, 15) is 22.8 Å². The lowest BCUT2D eigenvalue weighted by Gasteiger charge is -2.34. The van der Waals surface area contributed by atoms with Crippen molar-refractivity contribution in [1.29, 1.82) is 0 Å². The fourth-order valence-corrected chi connectivity index (χ4v) is 6.86. The highest BCUT2D eigenvalue weighted by atomic mass is 79.9. The smallest absolute Gasteiger partial charge is 0.269 e. The maximum Gasteiger partial charge on any atom is 0.269 e. The Hall–Kier alpha value is -3.50. The van der Waals surface area contributed by atoms with Crippen molar-refractivity contribution in [2.45, 2.75) is 63.1 Å². The van der Waals surface area contributed by atoms with E-state index in [1.165, 1.54) is 12.1 Å². The van der Waals surface area contributed by atoms with Gasteiger partial charge in [0.05, 0.1) is 5.56 Å². The van der Waals surface area contributed by atoms with Gasteiger partial charge in [0.15, 0.2) is 0 Å². The van der Waals surface area contributed by atoms with Gasteiger partial charge in [-0.05, 0) is 62.6 Å². The van der Waals surface area contributed by atoms with Crippen molar-refractivity contribution in [2.24, 2.45) is 0 Å². The molecule has 0 fully saturated rings. The van der Waals surface area contributed by atoms with E-state index in [1.807, 2.05) is 75.4 Å². The molecule has 41 heavy (non-hydrogen) atoms. The molecule has 3 aromatic rings. The number of sulfonamides is 1. The molecule has 1 heterocycles. The highest BCUT2D eigenvalue weighted by molar-refractivity contribution is 9.10. The first-order valence-corrected chi connectivity index (χ1v) is 15.7. The maximum absolute atomic E-state index is 13.9. The summed E-state index contributed by atoms with van der Waals surface area (Å²) in [6.07, 6.45) is 0.375. The molecule has 1 aliphatic rings. The van der Waals surface area contributed by atoms with Gasteiger partial charge >= 0.3 is 0 Å². The second kappa shape index (κ2) is 12.6. The van der Waals surface area contributed by atoms with Gasteiger partial charge < -0.3 is 10.2 Å². The van der Waals surface area contributed by atoms with Crippen LogP contribution in [-0.4, -0.2) is 53.5 Å². The molecule has 0 unspecified atom stereocenters. The number of carbonyl (C=O) groups excluding carboxylic acids is 3. The van der Waals surface area contributed by atoms with E-state index in [1.54, 1.807) is 17.0 Å². The van der Waals surface area contributed by atoms with Gasteiger partial charge in [-0.3, -0.25) is 14.4 Å². The quantitative estimate of drug-likeness (QED) is 0.339. The minimum atomic E-state index is -3.97. The van der Waals surface area contributed by atoms with Crippen LogP contribution in [0.4, 0.5) is 0 Å². The van der Waals surface area contributed by atoms with Gasteiger partial charge in [-0.2, -0.15) is 0 Å². The fraction of sp³-hybridized carbons (Fsp3) is 0.323. The minimum Gasteiger partial charge on any atom is -0.350 e. The fourth-order valence-electron chi connectivity index (χ4n) is 4.81. The Morgan fingerprint density at radius 1 is 0.951 bits per heavy atom. The van der Waals surface area contributed by atoms with Crippen LogP contribution < -0.4 is 5.32 Å². The van der Waals surface area contributed by atoms with Crippen LogP contribution in [0.1, 0.15) is 55.1 Å². The number of nitrogens with one attached hydrogen (secondary N) is 1. The van der Waals surface area contributed by atoms with E-state index in [2.05, 4.69) is 21.2 Å². The average Bonchev–Trinajstić information content (AvgIpc) is 3.10. The Balaban J connectivity index is 1.58. The number of carbonyl (C=O) groups is 3. The van der Waals surface area contributed by atoms with Gasteiger partial charge in [0.25, 0.3) is 15.9 Å². The standard InChI is InChI=1S/C31H34BrN3O5S/c1-31(2,3)33-29(37)26(20-22-11-5-4-6-12-22)34(21-23-13-9-14-24(32)19-23)28(36)17-10-18-35-30(38)25-15-7-8-16-27(25)41(35,39)40/h4-9,11-16,19,26H,10,17-18,20-21H2,1-3H3,(H,33,37)/t26-/m0/s1. The van der Waals surface area contributed by atoms with Gasteiger partial charge in [0.2, 0.25) is 11.8 Å². The van der Waals surface area contributed by atoms with Crippen molar-refractivity contribution in [3.63, 3.8) is 0 Å². The van der Waals surface area contributed by atoms with Gasteiger partial charge in [0.1, 0.15) is 10.9 Å². The Bertz CT molecular complexity index is 1540. The van der Waals surface area contributed by atoms with E-state index >= 15 is 0 Å². The first-order chi connectivity index (χ1) is 19.4. The van der Waals surface area contributed by atoms with Gasteiger partial charge in [-0.15, -0.1) is 0 Å². The molecule has 3 aromatic carbocycles. The molecule has 0 spiro atoms. The van der Waals surface area contributed by atoms with Crippen LogP contribution in [0.3, 0.4) is 0 Å². The third kappa shape index (κ3) is 7.42. The van der Waals surface area contributed by atoms with Crippen molar-refractivity contribution >= 4 is 43.7 Å². The molecular formula is C31H34BrN3O5S. The summed E-state index contributed by atoms with van der Waals surface area (Å²) in [6, 6.07) is 22.3. The van der Waals surface area contributed by atoms with E-state index in [4.69, 9.17) is 0 Å². The zero-order valence-electron chi connectivity index (χ0n) is 23.3. The Morgan fingerprint density at radius 2 is 1.61 bits per heavy atom. The molecule has 0 saturated carbocycles. The number of hydrogen-bond donors (Lipinski definition) is 1. The molecule has 10 heteroatoms. The van der Waals surface area contributed by atoms with Crippen molar-refractivity contribution in [1.82, 2.24) is 14.5 Å². The normalized spacial score (nSPS) is 14.8. The van der Waals surface area contributed by atoms with Crippen LogP contribution in [0.2, 0.25) is 0 Å². The van der Waals surface area contributed by atoms with Crippen LogP contribution in [0.15, 0.2) is 88.2 Å². The molecule has 0 aromatic heterocycles. The molecule has 1 N–H and O–H groups in total. The summed E-state index contributed by atoms with van der Waals surface area (Å²) in [5.41, 5.74) is 1.36. The lowest BCUT2D eigenvalue weighted by Crippen LogP contribution is -2.54. The lowest BCUT2D eigenvalue weighted by molar-refractivity contribution is -0.142. The summed E-state index contributed by atoms with van der Waals surface area (Å²) in [7, 11) is -3.97. The summed E-state index contributed by atoms with van der Waals surface area (Å²) in [5, 5.41) is 3.03. The molecule has 3 amide bonds. The average molecular weight is 641 g/mol. The van der Waals surface area contributed by atoms with Gasteiger partial charge in [0, 0.05) is 35.9 Å². The number of fused-ring (bicyclic) bond motifs is 1. The number of nitrogens with zero attached hydrogens (tertiary/aromatic N) is 2. The van der Waals surface area contributed by atoms with Crippen molar-refractivity contribution in [2.75, 3.05) is 6.54 Å². The van der Waals surface area contributed by atoms with Crippen molar-refractivity contribution < 1.29 is 22.8 Å². The molecular weight excluding hydrogens is 606 g/mol. The topological polar surface area (TPSA) is 104 Å². The molecule has 0 aliphatic carbocycles. The number of amides is 3. The van der Waals surface area contributed by atoms with Gasteiger partial charge in [-0.1, -0.05) is 70.5 Å². The van der Waals surface area contributed by atoms with Crippen molar-refractivity contribution in [3.8, 4) is 0 Å². The summed E-state index contributed by atoms with van der Waals surface area (Å²) in [4.78, 5) is 41.9. The number of rotatable bonds is 10. The predicted molar refractivity (Wildman–Crippen MR) is 160 cm³/mol. The number of benzene rings is 3. The molecule has 0 bridgehead atoms. The third-order valence-electron chi connectivity index (χ3n) is 6.68. The SMILES string of the molecule is CC(C)(C)NC(=O)[C@H](Cc1ccccc1)N(Cc1cccc(Br)c1)C(=O)CCCN1C(=O)c2ccccc2S1(=O)=O. The van der Waals surface area contributed by atoms with Crippen LogP contribution >= 0.6 is 15.9 Å². The van der Waals surface area contributed by atoms with Crippen molar-refractivity contribution in [3.05, 3.63) is 100 Å².